The van der Waals surface area contributed by atoms with Gasteiger partial charge in [0, 0.05) is 32.7 Å². The average Bonchev–Trinajstić information content (AvgIpc) is 1.62. The second-order valence-electron chi connectivity index (χ2n) is 19.9. The molecule has 0 fully saturated rings. The first-order valence-corrected chi connectivity index (χ1v) is 25.8. The zero-order chi connectivity index (χ0) is 60.3. The number of aromatic nitrogens is 2. The molecule has 0 aliphatic heterocycles. The molecule has 0 saturated carbocycles. The molecular formula is C70H30F6N10. The van der Waals surface area contributed by atoms with E-state index in [1.165, 1.54) is 63.7 Å². The topological polar surface area (TPSA) is 122 Å². The van der Waals surface area contributed by atoms with Crippen LogP contribution in [0.5, 0.6) is 0 Å². The number of nitrogens with zero attached hydrogens (tertiary/aromatic N) is 10. The van der Waals surface area contributed by atoms with Crippen molar-refractivity contribution in [2.24, 2.45) is 0 Å². The van der Waals surface area contributed by atoms with Gasteiger partial charge in [0.2, 0.25) is 0 Å². The summed E-state index contributed by atoms with van der Waals surface area (Å²) in [6.07, 6.45) is -9.97. The Morgan fingerprint density at radius 1 is 0.326 bits per heavy atom. The fourth-order valence-corrected chi connectivity index (χ4v) is 11.3. The van der Waals surface area contributed by atoms with Crippen molar-refractivity contribution in [1.29, 1.82) is 21.0 Å². The zero-order valence-corrected chi connectivity index (χ0v) is 44.1. The van der Waals surface area contributed by atoms with Crippen LogP contribution in [-0.4, -0.2) is 9.13 Å². The second kappa shape index (κ2) is 20.7. The van der Waals surface area contributed by atoms with Crippen molar-refractivity contribution in [3.05, 3.63) is 261 Å². The van der Waals surface area contributed by atoms with E-state index in [4.69, 9.17) is 26.3 Å². The van der Waals surface area contributed by atoms with Crippen LogP contribution in [0.4, 0.5) is 49.1 Å². The van der Waals surface area contributed by atoms with Gasteiger partial charge in [0.05, 0.1) is 106 Å². The van der Waals surface area contributed by atoms with E-state index in [0.29, 0.717) is 66.1 Å². The van der Waals surface area contributed by atoms with Gasteiger partial charge in [-0.05, 0) is 159 Å². The lowest BCUT2D eigenvalue weighted by molar-refractivity contribution is -0.138. The molecule has 0 N–H and O–H groups in total. The summed E-state index contributed by atoms with van der Waals surface area (Å²) in [5.74, 6) is 0. The van der Waals surface area contributed by atoms with Crippen LogP contribution in [0, 0.1) is 71.6 Å². The van der Waals surface area contributed by atoms with Gasteiger partial charge in [0.1, 0.15) is 0 Å². The quantitative estimate of drug-likeness (QED) is 0.116. The smallest absolute Gasteiger partial charge is 0.309 e. The Labute approximate surface area is 485 Å². The van der Waals surface area contributed by atoms with Crippen LogP contribution in [-0.2, 0) is 12.4 Å². The van der Waals surface area contributed by atoms with E-state index in [1.807, 2.05) is 12.1 Å². The van der Waals surface area contributed by atoms with E-state index in [1.54, 1.807) is 115 Å². The first-order chi connectivity index (χ1) is 41.5. The highest BCUT2D eigenvalue weighted by Crippen LogP contribution is 2.47. The number of halogens is 6. The third kappa shape index (κ3) is 9.05. The summed E-state index contributed by atoms with van der Waals surface area (Å²) in [5.41, 5.74) is 3.77. The average molecular weight is 1130 g/mol. The minimum Gasteiger partial charge on any atom is -0.309 e. The molecule has 12 aromatic rings. The van der Waals surface area contributed by atoms with Gasteiger partial charge < -0.3 is 9.13 Å². The van der Waals surface area contributed by atoms with E-state index < -0.39 is 23.5 Å². The third-order valence-electron chi connectivity index (χ3n) is 15.2. The summed E-state index contributed by atoms with van der Waals surface area (Å²) in [6, 6.07) is 53.3. The number of benzene rings is 10. The van der Waals surface area contributed by atoms with E-state index in [0.717, 1.165) is 12.1 Å². The van der Waals surface area contributed by atoms with Crippen molar-refractivity contribution >= 4 is 66.4 Å². The number of hydrogen-bond acceptors (Lipinski definition) is 4. The molecule has 0 aliphatic rings. The van der Waals surface area contributed by atoms with Crippen molar-refractivity contribution in [2.75, 3.05) is 0 Å². The van der Waals surface area contributed by atoms with Crippen molar-refractivity contribution in [1.82, 2.24) is 9.13 Å². The predicted octanol–water partition coefficient (Wildman–Crippen LogP) is 19.9. The van der Waals surface area contributed by atoms with Crippen LogP contribution < -0.4 is 0 Å². The molecule has 0 unspecified atom stereocenters. The van der Waals surface area contributed by atoms with Gasteiger partial charge in [0.15, 0.2) is 22.7 Å². The van der Waals surface area contributed by atoms with Crippen LogP contribution in [0.2, 0.25) is 0 Å². The van der Waals surface area contributed by atoms with E-state index >= 15 is 26.3 Å². The van der Waals surface area contributed by atoms with Crippen molar-refractivity contribution in [2.45, 2.75) is 12.4 Å². The summed E-state index contributed by atoms with van der Waals surface area (Å²) in [7, 11) is 0. The molecule has 0 atom stereocenters. The number of fused-ring (bicyclic) bond motifs is 6. The minimum atomic E-state index is -4.98. The number of nitriles is 4. The molecule has 16 heteroatoms. The fraction of sp³-hybridized carbons (Fsp3) is 0.0286. The molecule has 0 amide bonds. The SMILES string of the molecule is [C-]#[N+]c1ccc(-c2ccc3c(c2)c2cc(-c4ccc([N+]#[C-])cc4[N+]#[C-])ccc2n3-c2cc(-c3ccc(C(F)(F)F)c(-n4c5ccc(-c6ccc(C#N)cc6C#N)cc5c5cc(-c6ccc(C#N)cc6[N+]#[C-])ccc54)c3)ccc2C(F)(F)F)c(C#N)c1. The Hall–Kier alpha value is -12.7. The highest BCUT2D eigenvalue weighted by molar-refractivity contribution is 6.14. The van der Waals surface area contributed by atoms with Crippen molar-refractivity contribution in [3.8, 4) is 91.3 Å². The van der Waals surface area contributed by atoms with Gasteiger partial charge in [-0.25, -0.2) is 19.4 Å². The maximum absolute atomic E-state index is 15.7. The van der Waals surface area contributed by atoms with Gasteiger partial charge >= 0.3 is 12.4 Å². The molecule has 2 heterocycles. The third-order valence-corrected chi connectivity index (χ3v) is 15.2. The molecule has 2 aromatic heterocycles. The molecule has 86 heavy (non-hydrogen) atoms. The number of hydrogen-bond donors (Lipinski definition) is 0. The van der Waals surface area contributed by atoms with Crippen molar-refractivity contribution in [3.63, 3.8) is 0 Å². The molecule has 10 aromatic carbocycles. The number of rotatable bonds is 7. The van der Waals surface area contributed by atoms with Gasteiger partial charge in [0.25, 0.3) is 0 Å². The molecule has 0 spiro atoms. The molecule has 0 bridgehead atoms. The number of alkyl halides is 6. The normalized spacial score (nSPS) is 11.3. The summed E-state index contributed by atoms with van der Waals surface area (Å²) in [5, 5.41) is 41.3. The standard InChI is InChI=1S/C70H30F6N10/c1-81-49-13-17-52(48(27-49)38-80)44-10-22-64-56(29-44)58-31-46(54-18-14-50(82-2)34-62(54)84-4)12-24-66(58)86(64)68-33-42(8-20-60(68)70(74,75)76)41-7-19-59(69(71,72)73)67(32-41)85-63-21-9-43(51-15-5-39(35-77)25-47(51)37-79)28-55(63)57-30-45(11-23-65(57)85)53-16-6-40(36-78)26-61(53)83-3/h5-34H. The Kier molecular flexibility index (Phi) is 13.0. The van der Waals surface area contributed by atoms with E-state index in [9.17, 15) is 21.0 Å². The van der Waals surface area contributed by atoms with Crippen molar-refractivity contribution < 1.29 is 26.3 Å². The van der Waals surface area contributed by atoms with Gasteiger partial charge in [-0.2, -0.15) is 47.4 Å². The monoisotopic (exact) mass is 1120 g/mol. The van der Waals surface area contributed by atoms with Gasteiger partial charge in [-0.1, -0.05) is 78.9 Å². The maximum atomic E-state index is 15.7. The minimum absolute atomic E-state index is 0.105. The molecule has 10 nitrogen and oxygen atoms in total. The lowest BCUT2D eigenvalue weighted by Crippen LogP contribution is -2.12. The summed E-state index contributed by atoms with van der Waals surface area (Å²) in [6.45, 7) is 30.9. The first kappa shape index (κ1) is 53.9. The fourth-order valence-electron chi connectivity index (χ4n) is 11.3. The molecule has 0 radical (unpaired) electrons. The van der Waals surface area contributed by atoms with E-state index in [2.05, 4.69) is 31.5 Å². The summed E-state index contributed by atoms with van der Waals surface area (Å²) >= 11 is 0. The maximum Gasteiger partial charge on any atom is 0.418 e. The predicted molar refractivity (Wildman–Crippen MR) is 316 cm³/mol. The summed E-state index contributed by atoms with van der Waals surface area (Å²) < 4.78 is 97.0. The molecule has 0 saturated heterocycles. The summed E-state index contributed by atoms with van der Waals surface area (Å²) in [4.78, 5) is 14.2. The lowest BCUT2D eigenvalue weighted by Gasteiger charge is -2.20. The Morgan fingerprint density at radius 2 is 0.674 bits per heavy atom. The van der Waals surface area contributed by atoms with E-state index in [-0.39, 0.29) is 89.6 Å². The van der Waals surface area contributed by atoms with Crippen LogP contribution in [0.1, 0.15) is 33.4 Å². The zero-order valence-electron chi connectivity index (χ0n) is 44.1. The van der Waals surface area contributed by atoms with Crippen LogP contribution >= 0.6 is 0 Å². The molecular weight excluding hydrogens is 1090 g/mol. The highest BCUT2D eigenvalue weighted by Gasteiger charge is 2.37. The lowest BCUT2D eigenvalue weighted by atomic mass is 9.96. The van der Waals surface area contributed by atoms with Gasteiger partial charge in [-0.15, -0.1) is 0 Å². The van der Waals surface area contributed by atoms with Crippen LogP contribution in [0.15, 0.2) is 182 Å². The second-order valence-corrected chi connectivity index (χ2v) is 19.9. The van der Waals surface area contributed by atoms with Gasteiger partial charge in [-0.3, -0.25) is 0 Å². The first-order valence-electron chi connectivity index (χ1n) is 25.8. The molecule has 402 valence electrons. The molecule has 12 rings (SSSR count). The highest BCUT2D eigenvalue weighted by atomic mass is 19.4. The Morgan fingerprint density at radius 3 is 1.07 bits per heavy atom. The molecule has 0 aliphatic carbocycles. The Bertz CT molecular complexity index is 4740. The van der Waals surface area contributed by atoms with Crippen LogP contribution in [0.3, 0.4) is 0 Å². The Balaban J connectivity index is 1.10. The van der Waals surface area contributed by atoms with Crippen LogP contribution in [0.25, 0.3) is 130 Å². The largest absolute Gasteiger partial charge is 0.418 e.